The summed E-state index contributed by atoms with van der Waals surface area (Å²) in [6.07, 6.45) is 1.78. The molecule has 18 heteroatoms. The second-order valence-corrected chi connectivity index (χ2v) is 18.3. The van der Waals surface area contributed by atoms with Crippen molar-refractivity contribution in [1.82, 2.24) is 20.2 Å². The molecule has 17 nitrogen and oxygen atoms in total. The Bertz CT molecular complexity index is 2490. The first-order valence-corrected chi connectivity index (χ1v) is 23.6. The van der Waals surface area contributed by atoms with E-state index in [2.05, 4.69) is 57.7 Å². The van der Waals surface area contributed by atoms with Crippen molar-refractivity contribution in [3.8, 4) is 27.4 Å². The van der Waals surface area contributed by atoms with E-state index < -0.39 is 23.6 Å². The van der Waals surface area contributed by atoms with Gasteiger partial charge in [-0.05, 0) is 86.8 Å². The fourth-order valence-electron chi connectivity index (χ4n) is 7.45. The number of imide groups is 1. The Hall–Kier alpha value is -6.02. The van der Waals surface area contributed by atoms with Gasteiger partial charge in [0, 0.05) is 55.6 Å². The predicted molar refractivity (Wildman–Crippen MR) is 258 cm³/mol. The fraction of sp³-hybridized carbons (Fsp3) is 0.440. The molecule has 2 aromatic heterocycles. The molecule has 0 radical (unpaired) electrons. The maximum atomic E-state index is 13.3. The van der Waals surface area contributed by atoms with Gasteiger partial charge in [0.05, 0.1) is 82.8 Å². The summed E-state index contributed by atoms with van der Waals surface area (Å²) in [6, 6.07) is 22.9. The fourth-order valence-corrected chi connectivity index (χ4v) is 8.45. The molecule has 4 heterocycles. The van der Waals surface area contributed by atoms with E-state index in [9.17, 15) is 19.2 Å². The number of thiazole rings is 1. The van der Waals surface area contributed by atoms with Crippen LogP contribution in [0.5, 0.6) is 5.75 Å². The quantitative estimate of drug-likeness (QED) is 0.0507. The predicted octanol–water partition coefficient (Wildman–Crippen LogP) is 6.76. The van der Waals surface area contributed by atoms with E-state index >= 15 is 0 Å². The average molecular weight is 953 g/mol. The number of aromatic nitrogens is 2. The molecule has 1 fully saturated rings. The summed E-state index contributed by atoms with van der Waals surface area (Å²) < 4.78 is 40.9. The van der Waals surface area contributed by atoms with E-state index in [0.29, 0.717) is 89.6 Å². The van der Waals surface area contributed by atoms with Crippen molar-refractivity contribution in [3.63, 3.8) is 0 Å². The number of piperidine rings is 1. The van der Waals surface area contributed by atoms with Crippen LogP contribution in [0.25, 0.3) is 31.9 Å². The number of amides is 4. The topological polar surface area (TPSA) is 180 Å². The minimum atomic E-state index is -0.685. The lowest BCUT2D eigenvalue weighted by Gasteiger charge is -2.29. The SMILES string of the molecule is CN(C)c1ccc2nc(-c3ccc(-c4ccc(N(CCOCCOCCOCCOCCOCCOc5ccc6c(c5)CN(C5CCC(=O)NC5=O)C6=O)C(=O)OC(C)(C)C)nc4)cc3)sc2c1. The molecule has 5 aromatic rings. The number of rotatable bonds is 24. The molecule has 68 heavy (non-hydrogen) atoms. The van der Waals surface area contributed by atoms with E-state index in [-0.39, 0.29) is 37.9 Å². The number of pyridine rings is 1. The molecular weight excluding hydrogens is 893 g/mol. The maximum Gasteiger partial charge on any atom is 0.416 e. The summed E-state index contributed by atoms with van der Waals surface area (Å²) in [5.41, 5.74) is 5.71. The van der Waals surface area contributed by atoms with Gasteiger partial charge >= 0.3 is 6.09 Å². The molecule has 1 N–H and O–H groups in total. The zero-order valence-electron chi connectivity index (χ0n) is 39.3. The van der Waals surface area contributed by atoms with Gasteiger partial charge in [-0.3, -0.25) is 24.6 Å². The van der Waals surface area contributed by atoms with Crippen LogP contribution >= 0.6 is 11.3 Å². The minimum Gasteiger partial charge on any atom is -0.491 e. The highest BCUT2D eigenvalue weighted by Crippen LogP contribution is 2.34. The van der Waals surface area contributed by atoms with Crippen LogP contribution in [0, 0.1) is 0 Å². The number of nitrogens with zero attached hydrogens (tertiary/aromatic N) is 5. The molecule has 1 unspecified atom stereocenters. The second-order valence-electron chi connectivity index (χ2n) is 17.3. The van der Waals surface area contributed by atoms with Gasteiger partial charge in [0.25, 0.3) is 5.91 Å². The van der Waals surface area contributed by atoms with Crippen molar-refractivity contribution in [3.05, 3.63) is 90.1 Å². The molecular formula is C50H60N6O11S. The second kappa shape index (κ2) is 23.8. The normalized spacial score (nSPS) is 14.9. The molecule has 0 aliphatic carbocycles. The van der Waals surface area contributed by atoms with Crippen LogP contribution in [-0.2, 0) is 44.6 Å². The smallest absolute Gasteiger partial charge is 0.416 e. The Morgan fingerprint density at radius 3 is 2.01 bits per heavy atom. The summed E-state index contributed by atoms with van der Waals surface area (Å²) in [7, 11) is 4.06. The third kappa shape index (κ3) is 13.8. The van der Waals surface area contributed by atoms with Gasteiger partial charge in [-0.2, -0.15) is 0 Å². The molecule has 1 saturated heterocycles. The molecule has 2 aliphatic heterocycles. The lowest BCUT2D eigenvalue weighted by atomic mass is 10.0. The summed E-state index contributed by atoms with van der Waals surface area (Å²) in [4.78, 5) is 64.5. The Morgan fingerprint density at radius 2 is 1.40 bits per heavy atom. The highest BCUT2D eigenvalue weighted by molar-refractivity contribution is 7.21. The lowest BCUT2D eigenvalue weighted by Crippen LogP contribution is -2.52. The van der Waals surface area contributed by atoms with E-state index in [1.54, 1.807) is 35.7 Å². The lowest BCUT2D eigenvalue weighted by molar-refractivity contribution is -0.136. The van der Waals surface area contributed by atoms with Crippen LogP contribution in [0.2, 0.25) is 0 Å². The molecule has 0 bridgehead atoms. The number of hydrogen-bond donors (Lipinski definition) is 1. The standard InChI is InChI=1S/C50H60N6O11S/c1-50(2,3)67-49(60)55(44-16-10-36(32-51-44)34-6-8-35(9-7-34)47-52-41-14-11-38(54(4)5)31-43(41)68-47)18-19-61-20-21-62-22-23-63-24-25-64-26-27-65-28-29-66-39-12-13-40-37(30-39)33-56(48(40)59)42-15-17-45(57)53-46(42)58/h6-14,16,30-32,42H,15,17-29,33H2,1-5H3,(H,53,57,58). The zero-order valence-corrected chi connectivity index (χ0v) is 40.1. The Labute approximate surface area is 400 Å². The first kappa shape index (κ1) is 49.9. The largest absolute Gasteiger partial charge is 0.491 e. The number of carbonyl (C=O) groups is 4. The van der Waals surface area contributed by atoms with Crippen LogP contribution in [-0.4, -0.2) is 144 Å². The number of carbonyl (C=O) groups excluding carboxylic acids is 4. The molecule has 2 aliphatic rings. The monoisotopic (exact) mass is 952 g/mol. The Morgan fingerprint density at radius 1 is 0.765 bits per heavy atom. The molecule has 362 valence electrons. The maximum absolute atomic E-state index is 13.3. The third-order valence-corrected chi connectivity index (χ3v) is 12.0. The van der Waals surface area contributed by atoms with Gasteiger partial charge in [-0.1, -0.05) is 24.3 Å². The zero-order chi connectivity index (χ0) is 48.0. The Kier molecular flexibility index (Phi) is 17.5. The number of nitrogens with one attached hydrogen (secondary N) is 1. The third-order valence-electron chi connectivity index (χ3n) is 10.9. The Balaban J connectivity index is 0.722. The number of ether oxygens (including phenoxy) is 7. The first-order chi connectivity index (χ1) is 32.8. The van der Waals surface area contributed by atoms with E-state index in [0.717, 1.165) is 43.2 Å². The first-order valence-electron chi connectivity index (χ1n) is 22.8. The molecule has 4 amide bonds. The van der Waals surface area contributed by atoms with Crippen molar-refractivity contribution >= 4 is 56.9 Å². The summed E-state index contributed by atoms with van der Waals surface area (Å²) in [6.45, 7) is 10.1. The number of fused-ring (bicyclic) bond motifs is 2. The van der Waals surface area contributed by atoms with Crippen LogP contribution in [0.3, 0.4) is 0 Å². The molecule has 0 saturated carbocycles. The summed E-state index contributed by atoms with van der Waals surface area (Å²) in [5, 5.41) is 3.28. The number of hydrogen-bond acceptors (Lipinski definition) is 15. The highest BCUT2D eigenvalue weighted by atomic mass is 32.1. The summed E-state index contributed by atoms with van der Waals surface area (Å²) >= 11 is 1.67. The molecule has 1 atom stereocenters. The highest BCUT2D eigenvalue weighted by Gasteiger charge is 2.39. The van der Waals surface area contributed by atoms with Crippen LogP contribution in [0.15, 0.2) is 79.0 Å². The van der Waals surface area contributed by atoms with E-state index in [1.807, 2.05) is 47.0 Å². The van der Waals surface area contributed by atoms with Crippen LogP contribution < -0.4 is 19.9 Å². The number of anilines is 2. The van der Waals surface area contributed by atoms with Gasteiger partial charge in [-0.15, -0.1) is 11.3 Å². The molecule has 7 rings (SSSR count). The van der Waals surface area contributed by atoms with Gasteiger partial charge in [0.15, 0.2) is 0 Å². The van der Waals surface area contributed by atoms with Crippen LogP contribution in [0.1, 0.15) is 49.5 Å². The van der Waals surface area contributed by atoms with Gasteiger partial charge in [0.1, 0.15) is 34.8 Å². The average Bonchev–Trinajstić information content (AvgIpc) is 3.89. The van der Waals surface area contributed by atoms with Crippen molar-refractivity contribution in [1.29, 1.82) is 0 Å². The molecule has 3 aromatic carbocycles. The van der Waals surface area contributed by atoms with Gasteiger partial charge < -0.3 is 43.0 Å². The van der Waals surface area contributed by atoms with Crippen LogP contribution in [0.4, 0.5) is 16.3 Å². The number of benzene rings is 3. The van der Waals surface area contributed by atoms with Crippen molar-refractivity contribution in [2.24, 2.45) is 0 Å². The van der Waals surface area contributed by atoms with Crippen molar-refractivity contribution < 1.29 is 52.3 Å². The summed E-state index contributed by atoms with van der Waals surface area (Å²) in [5.74, 6) is 0.0917. The molecule has 0 spiro atoms. The van der Waals surface area contributed by atoms with Gasteiger partial charge in [-0.25, -0.2) is 14.8 Å². The minimum absolute atomic E-state index is 0.211. The van der Waals surface area contributed by atoms with Crippen molar-refractivity contribution in [2.75, 3.05) is 103 Å². The van der Waals surface area contributed by atoms with Crippen molar-refractivity contribution in [2.45, 2.75) is 51.8 Å². The van der Waals surface area contributed by atoms with E-state index in [1.165, 1.54) is 9.80 Å². The van der Waals surface area contributed by atoms with E-state index in [4.69, 9.17) is 38.1 Å². The van der Waals surface area contributed by atoms with Gasteiger partial charge in [0.2, 0.25) is 11.8 Å².